The van der Waals surface area contributed by atoms with Crippen molar-refractivity contribution in [2.45, 2.75) is 6.92 Å². The molecule has 0 saturated heterocycles. The molecule has 0 aliphatic rings. The van der Waals surface area contributed by atoms with E-state index in [0.717, 1.165) is 5.56 Å². The largest absolute Gasteiger partial charge is 0.495 e. The molecule has 0 bridgehead atoms. The van der Waals surface area contributed by atoms with Gasteiger partial charge in [-0.05, 0) is 37.3 Å². The molecule has 0 aliphatic heterocycles. The average molecular weight is 292 g/mol. The number of carbonyl (C=O) groups is 1. The van der Waals surface area contributed by atoms with E-state index in [0.29, 0.717) is 22.1 Å². The smallest absolute Gasteiger partial charge is 0.337 e. The molecule has 2 aromatic carbocycles. The summed E-state index contributed by atoms with van der Waals surface area (Å²) in [6.45, 7) is 1.85. The first-order chi connectivity index (χ1) is 9.51. The highest BCUT2D eigenvalue weighted by Gasteiger charge is 2.11. The van der Waals surface area contributed by atoms with Gasteiger partial charge in [-0.25, -0.2) is 4.79 Å². The highest BCUT2D eigenvalue weighted by atomic mass is 35.5. The SMILES string of the molecule is COc1ccc(Nc2ccc(C)cc2C(=O)O)cc1Cl. The molecule has 4 nitrogen and oxygen atoms in total. The molecular weight excluding hydrogens is 278 g/mol. The molecule has 0 unspecified atom stereocenters. The van der Waals surface area contributed by atoms with Gasteiger partial charge in [-0.15, -0.1) is 0 Å². The molecule has 2 N–H and O–H groups in total. The van der Waals surface area contributed by atoms with Gasteiger partial charge in [0.05, 0.1) is 23.4 Å². The van der Waals surface area contributed by atoms with Gasteiger partial charge >= 0.3 is 5.97 Å². The van der Waals surface area contributed by atoms with E-state index >= 15 is 0 Å². The number of aromatic carboxylic acids is 1. The quantitative estimate of drug-likeness (QED) is 0.890. The summed E-state index contributed by atoms with van der Waals surface area (Å²) in [6.07, 6.45) is 0. The monoisotopic (exact) mass is 291 g/mol. The van der Waals surface area contributed by atoms with E-state index in [4.69, 9.17) is 16.3 Å². The summed E-state index contributed by atoms with van der Waals surface area (Å²) in [6, 6.07) is 10.4. The lowest BCUT2D eigenvalue weighted by Crippen LogP contribution is -2.03. The van der Waals surface area contributed by atoms with Crippen molar-refractivity contribution in [2.24, 2.45) is 0 Å². The van der Waals surface area contributed by atoms with Crippen molar-refractivity contribution >= 4 is 28.9 Å². The number of methoxy groups -OCH3 is 1. The molecule has 0 spiro atoms. The van der Waals surface area contributed by atoms with E-state index in [2.05, 4.69) is 5.32 Å². The fraction of sp³-hybridized carbons (Fsp3) is 0.133. The van der Waals surface area contributed by atoms with Gasteiger partial charge in [0, 0.05) is 5.69 Å². The van der Waals surface area contributed by atoms with Gasteiger partial charge in [0.15, 0.2) is 0 Å². The summed E-state index contributed by atoms with van der Waals surface area (Å²) in [5.41, 5.74) is 2.32. The molecule has 0 aromatic heterocycles. The van der Waals surface area contributed by atoms with E-state index in [1.165, 1.54) is 7.11 Å². The van der Waals surface area contributed by atoms with Crippen LogP contribution in [0.25, 0.3) is 0 Å². The van der Waals surface area contributed by atoms with Crippen LogP contribution in [0.1, 0.15) is 15.9 Å². The summed E-state index contributed by atoms with van der Waals surface area (Å²) >= 11 is 6.04. The Morgan fingerprint density at radius 1 is 1.25 bits per heavy atom. The predicted molar refractivity (Wildman–Crippen MR) is 79.4 cm³/mol. The van der Waals surface area contributed by atoms with E-state index < -0.39 is 5.97 Å². The Balaban J connectivity index is 2.35. The zero-order valence-electron chi connectivity index (χ0n) is 11.1. The molecule has 2 rings (SSSR count). The molecule has 0 fully saturated rings. The molecule has 0 atom stereocenters. The minimum atomic E-state index is -0.976. The van der Waals surface area contributed by atoms with Crippen LogP contribution in [-0.4, -0.2) is 18.2 Å². The average Bonchev–Trinajstić information content (AvgIpc) is 2.41. The molecule has 0 aliphatic carbocycles. The maximum atomic E-state index is 11.2. The standard InChI is InChI=1S/C15H14ClNO3/c1-9-3-5-13(11(7-9)15(18)19)17-10-4-6-14(20-2)12(16)8-10/h3-8,17H,1-2H3,(H,18,19). The molecule has 0 radical (unpaired) electrons. The third-order valence-electron chi connectivity index (χ3n) is 2.84. The number of anilines is 2. The zero-order valence-corrected chi connectivity index (χ0v) is 11.9. The summed E-state index contributed by atoms with van der Waals surface area (Å²) in [5, 5.41) is 12.7. The summed E-state index contributed by atoms with van der Waals surface area (Å²) in [5.74, 6) is -0.407. The molecule has 0 amide bonds. The van der Waals surface area contributed by atoms with Gasteiger partial charge in [-0.2, -0.15) is 0 Å². The van der Waals surface area contributed by atoms with Gasteiger partial charge in [-0.3, -0.25) is 0 Å². The van der Waals surface area contributed by atoms with Crippen molar-refractivity contribution in [1.29, 1.82) is 0 Å². The number of hydrogen-bond acceptors (Lipinski definition) is 3. The van der Waals surface area contributed by atoms with Crippen molar-refractivity contribution in [2.75, 3.05) is 12.4 Å². The van der Waals surface area contributed by atoms with Crippen LogP contribution < -0.4 is 10.1 Å². The Morgan fingerprint density at radius 3 is 2.60 bits per heavy atom. The number of aryl methyl sites for hydroxylation is 1. The Bertz CT molecular complexity index is 656. The third kappa shape index (κ3) is 3.03. The van der Waals surface area contributed by atoms with E-state index in [-0.39, 0.29) is 5.56 Å². The lowest BCUT2D eigenvalue weighted by molar-refractivity contribution is 0.0698. The van der Waals surface area contributed by atoms with Gasteiger partial charge in [0.25, 0.3) is 0 Å². The number of ether oxygens (including phenoxy) is 1. The number of carboxylic acids is 1. The lowest BCUT2D eigenvalue weighted by atomic mass is 10.1. The predicted octanol–water partition coefficient (Wildman–Crippen LogP) is 4.10. The van der Waals surface area contributed by atoms with Crippen molar-refractivity contribution in [1.82, 2.24) is 0 Å². The highest BCUT2D eigenvalue weighted by molar-refractivity contribution is 6.32. The van der Waals surface area contributed by atoms with E-state index in [1.54, 1.807) is 30.3 Å². The minimum Gasteiger partial charge on any atom is -0.495 e. The van der Waals surface area contributed by atoms with Gasteiger partial charge in [0.2, 0.25) is 0 Å². The normalized spacial score (nSPS) is 10.2. The number of rotatable bonds is 4. The maximum absolute atomic E-state index is 11.2. The fourth-order valence-corrected chi connectivity index (χ4v) is 2.10. The topological polar surface area (TPSA) is 58.6 Å². The molecular formula is C15H14ClNO3. The first-order valence-electron chi connectivity index (χ1n) is 5.96. The number of hydrogen-bond donors (Lipinski definition) is 2. The molecule has 0 saturated carbocycles. The first kappa shape index (κ1) is 14.2. The number of carboxylic acid groups (broad SMARTS) is 1. The van der Waals surface area contributed by atoms with Crippen LogP contribution in [0.5, 0.6) is 5.75 Å². The van der Waals surface area contributed by atoms with Gasteiger partial charge in [-0.1, -0.05) is 23.2 Å². The Kier molecular flexibility index (Phi) is 4.15. The van der Waals surface area contributed by atoms with Crippen molar-refractivity contribution in [3.63, 3.8) is 0 Å². The number of benzene rings is 2. The second-order valence-corrected chi connectivity index (χ2v) is 4.74. The van der Waals surface area contributed by atoms with Crippen LogP contribution in [0.4, 0.5) is 11.4 Å². The first-order valence-corrected chi connectivity index (χ1v) is 6.33. The number of halogens is 1. The Hall–Kier alpha value is -2.20. The Morgan fingerprint density at radius 2 is 2.00 bits per heavy atom. The summed E-state index contributed by atoms with van der Waals surface area (Å²) in [7, 11) is 1.54. The minimum absolute atomic E-state index is 0.219. The second-order valence-electron chi connectivity index (χ2n) is 4.33. The molecule has 104 valence electrons. The van der Waals surface area contributed by atoms with Gasteiger partial charge < -0.3 is 15.2 Å². The summed E-state index contributed by atoms with van der Waals surface area (Å²) in [4.78, 5) is 11.2. The van der Waals surface area contributed by atoms with Crippen molar-refractivity contribution in [3.8, 4) is 5.75 Å². The summed E-state index contributed by atoms with van der Waals surface area (Å²) < 4.78 is 5.07. The molecule has 20 heavy (non-hydrogen) atoms. The molecule has 0 heterocycles. The van der Waals surface area contributed by atoms with Crippen LogP contribution in [0.3, 0.4) is 0 Å². The van der Waals surface area contributed by atoms with Gasteiger partial charge in [0.1, 0.15) is 5.75 Å². The molecule has 5 heteroatoms. The number of nitrogens with one attached hydrogen (secondary N) is 1. The molecule has 2 aromatic rings. The fourth-order valence-electron chi connectivity index (χ4n) is 1.84. The van der Waals surface area contributed by atoms with Crippen LogP contribution in [0, 0.1) is 6.92 Å². The van der Waals surface area contributed by atoms with Crippen LogP contribution in [-0.2, 0) is 0 Å². The Labute approximate surface area is 122 Å². The van der Waals surface area contributed by atoms with E-state index in [1.807, 2.05) is 13.0 Å². The van der Waals surface area contributed by atoms with Crippen LogP contribution in [0.2, 0.25) is 5.02 Å². The lowest BCUT2D eigenvalue weighted by Gasteiger charge is -2.12. The van der Waals surface area contributed by atoms with Crippen LogP contribution >= 0.6 is 11.6 Å². The maximum Gasteiger partial charge on any atom is 0.337 e. The van der Waals surface area contributed by atoms with Crippen LogP contribution in [0.15, 0.2) is 36.4 Å². The van der Waals surface area contributed by atoms with E-state index in [9.17, 15) is 9.90 Å². The highest BCUT2D eigenvalue weighted by Crippen LogP contribution is 2.30. The van der Waals surface area contributed by atoms with Crippen molar-refractivity contribution < 1.29 is 14.6 Å². The third-order valence-corrected chi connectivity index (χ3v) is 3.13. The van der Waals surface area contributed by atoms with Crippen molar-refractivity contribution in [3.05, 3.63) is 52.5 Å². The zero-order chi connectivity index (χ0) is 14.7. The second kappa shape index (κ2) is 5.84.